The minimum absolute atomic E-state index is 0.143. The van der Waals surface area contributed by atoms with Gasteiger partial charge in [0, 0.05) is 50.9 Å². The summed E-state index contributed by atoms with van der Waals surface area (Å²) in [5.74, 6) is 1.05. The summed E-state index contributed by atoms with van der Waals surface area (Å²) < 4.78 is 10.6. The van der Waals surface area contributed by atoms with Crippen LogP contribution in [0.3, 0.4) is 0 Å². The lowest BCUT2D eigenvalue weighted by Crippen LogP contribution is -2.52. The summed E-state index contributed by atoms with van der Waals surface area (Å²) in [7, 11) is 3.67. The molecule has 0 unspecified atom stereocenters. The van der Waals surface area contributed by atoms with Gasteiger partial charge in [-0.1, -0.05) is 17.3 Å². The summed E-state index contributed by atoms with van der Waals surface area (Å²) in [4.78, 5) is 31.8. The van der Waals surface area contributed by atoms with Crippen molar-refractivity contribution >= 4 is 11.8 Å². The number of hydrogen-bond acceptors (Lipinski definition) is 6. The summed E-state index contributed by atoms with van der Waals surface area (Å²) in [6.07, 6.45) is 1.64. The van der Waals surface area contributed by atoms with Crippen LogP contribution in [0.1, 0.15) is 23.3 Å². The van der Waals surface area contributed by atoms with Crippen molar-refractivity contribution in [2.45, 2.75) is 12.8 Å². The second-order valence-corrected chi connectivity index (χ2v) is 8.03. The van der Waals surface area contributed by atoms with Crippen LogP contribution < -0.4 is 4.74 Å². The van der Waals surface area contributed by atoms with Gasteiger partial charge < -0.3 is 24.0 Å². The van der Waals surface area contributed by atoms with Gasteiger partial charge >= 0.3 is 0 Å². The maximum Gasteiger partial charge on any atom is 0.276 e. The molecule has 160 valence electrons. The number of rotatable bonds is 4. The standard InChI is InChI=1S/C22H28N4O4/c1-24-9-11-25(12-10-24)21(27)17-6-4-8-26(15-17)22(28)19-14-20(30-23-19)16-5-3-7-18(13-16)29-2/h3,5,7,13-14,17H,4,6,8-12,15H2,1-2H3/t17-/m0/s1. The molecule has 3 heterocycles. The second-order valence-electron chi connectivity index (χ2n) is 8.03. The number of carbonyl (C=O) groups is 2. The Kier molecular flexibility index (Phi) is 6.03. The van der Waals surface area contributed by atoms with E-state index in [1.54, 1.807) is 18.1 Å². The SMILES string of the molecule is COc1cccc(-c2cc(C(=O)N3CCC[C@H](C(=O)N4CCN(C)CC4)C3)no2)c1. The molecular formula is C22H28N4O4. The largest absolute Gasteiger partial charge is 0.497 e. The van der Waals surface area contributed by atoms with Crippen molar-refractivity contribution in [1.82, 2.24) is 19.9 Å². The fourth-order valence-electron chi connectivity index (χ4n) is 4.10. The molecule has 0 saturated carbocycles. The zero-order valence-electron chi connectivity index (χ0n) is 17.5. The van der Waals surface area contributed by atoms with E-state index in [0.717, 1.165) is 44.6 Å². The van der Waals surface area contributed by atoms with Crippen molar-refractivity contribution < 1.29 is 18.8 Å². The van der Waals surface area contributed by atoms with Crippen LogP contribution in [0.5, 0.6) is 5.75 Å². The number of carbonyl (C=O) groups excluding carboxylic acids is 2. The van der Waals surface area contributed by atoms with Crippen LogP contribution in [-0.4, -0.2) is 85.1 Å². The molecule has 2 fully saturated rings. The van der Waals surface area contributed by atoms with E-state index in [1.807, 2.05) is 29.2 Å². The summed E-state index contributed by atoms with van der Waals surface area (Å²) in [6.45, 7) is 4.37. The molecular weight excluding hydrogens is 384 g/mol. The van der Waals surface area contributed by atoms with Gasteiger partial charge in [-0.15, -0.1) is 0 Å². The Morgan fingerprint density at radius 2 is 1.90 bits per heavy atom. The van der Waals surface area contributed by atoms with Crippen LogP contribution in [0.15, 0.2) is 34.9 Å². The highest BCUT2D eigenvalue weighted by molar-refractivity contribution is 5.93. The van der Waals surface area contributed by atoms with Gasteiger partial charge in [0.1, 0.15) is 5.75 Å². The number of piperidine rings is 1. The monoisotopic (exact) mass is 412 g/mol. The second kappa shape index (κ2) is 8.87. The highest BCUT2D eigenvalue weighted by Gasteiger charge is 2.33. The molecule has 0 radical (unpaired) electrons. The van der Waals surface area contributed by atoms with Crippen molar-refractivity contribution in [2.75, 3.05) is 53.4 Å². The van der Waals surface area contributed by atoms with Crippen LogP contribution in [0.2, 0.25) is 0 Å². The molecule has 2 aliphatic heterocycles. The van der Waals surface area contributed by atoms with Gasteiger partial charge in [-0.3, -0.25) is 9.59 Å². The van der Waals surface area contributed by atoms with Gasteiger partial charge in [0.05, 0.1) is 13.0 Å². The lowest BCUT2D eigenvalue weighted by molar-refractivity contribution is -0.138. The molecule has 30 heavy (non-hydrogen) atoms. The molecule has 0 bridgehead atoms. The molecule has 1 atom stereocenters. The minimum Gasteiger partial charge on any atom is -0.497 e. The Morgan fingerprint density at radius 1 is 1.10 bits per heavy atom. The van der Waals surface area contributed by atoms with Crippen LogP contribution in [0.4, 0.5) is 0 Å². The Bertz CT molecular complexity index is 904. The molecule has 4 rings (SSSR count). The van der Waals surface area contributed by atoms with Crippen molar-refractivity contribution in [3.05, 3.63) is 36.0 Å². The Morgan fingerprint density at radius 3 is 2.67 bits per heavy atom. The highest BCUT2D eigenvalue weighted by Crippen LogP contribution is 2.26. The number of methoxy groups -OCH3 is 1. The summed E-state index contributed by atoms with van der Waals surface area (Å²) >= 11 is 0. The minimum atomic E-state index is -0.191. The molecule has 2 saturated heterocycles. The fraction of sp³-hybridized carbons (Fsp3) is 0.500. The molecule has 0 spiro atoms. The Balaban J connectivity index is 1.42. The summed E-state index contributed by atoms with van der Waals surface area (Å²) in [5, 5.41) is 3.98. The molecule has 1 aromatic carbocycles. The summed E-state index contributed by atoms with van der Waals surface area (Å²) in [5.41, 5.74) is 1.06. The van der Waals surface area contributed by atoms with E-state index in [-0.39, 0.29) is 23.4 Å². The van der Waals surface area contributed by atoms with Crippen molar-refractivity contribution in [2.24, 2.45) is 5.92 Å². The quantitative estimate of drug-likeness (QED) is 0.764. The first-order valence-corrected chi connectivity index (χ1v) is 10.4. The number of hydrogen-bond donors (Lipinski definition) is 0. The molecule has 0 N–H and O–H groups in total. The predicted molar refractivity (Wildman–Crippen MR) is 111 cm³/mol. The Labute approximate surface area is 176 Å². The van der Waals surface area contributed by atoms with Gasteiger partial charge in [0.2, 0.25) is 5.91 Å². The highest BCUT2D eigenvalue weighted by atomic mass is 16.5. The Hall–Kier alpha value is -2.87. The zero-order chi connectivity index (χ0) is 21.1. The van der Waals surface area contributed by atoms with E-state index in [0.29, 0.717) is 24.6 Å². The third-order valence-electron chi connectivity index (χ3n) is 5.96. The molecule has 1 aromatic heterocycles. The predicted octanol–water partition coefficient (Wildman–Crippen LogP) is 1.98. The van der Waals surface area contributed by atoms with E-state index < -0.39 is 0 Å². The van der Waals surface area contributed by atoms with Gasteiger partial charge in [0.15, 0.2) is 11.5 Å². The van der Waals surface area contributed by atoms with Gasteiger partial charge in [-0.25, -0.2) is 0 Å². The molecule has 2 aromatic rings. The molecule has 8 nitrogen and oxygen atoms in total. The van der Waals surface area contributed by atoms with Gasteiger partial charge in [-0.05, 0) is 32.0 Å². The molecule has 2 aliphatic rings. The number of likely N-dealkylation sites (tertiary alicyclic amines) is 1. The normalized spacial score (nSPS) is 20.3. The first-order chi connectivity index (χ1) is 14.5. The smallest absolute Gasteiger partial charge is 0.276 e. The number of benzene rings is 1. The van der Waals surface area contributed by atoms with Gasteiger partial charge in [-0.2, -0.15) is 0 Å². The van der Waals surface area contributed by atoms with E-state index >= 15 is 0 Å². The number of ether oxygens (including phenoxy) is 1. The maximum absolute atomic E-state index is 13.0. The number of amides is 2. The van der Waals surface area contributed by atoms with Gasteiger partial charge in [0.25, 0.3) is 5.91 Å². The number of likely N-dealkylation sites (N-methyl/N-ethyl adjacent to an activating group) is 1. The average molecular weight is 412 g/mol. The molecule has 2 amide bonds. The van der Waals surface area contributed by atoms with Crippen molar-refractivity contribution in [3.63, 3.8) is 0 Å². The number of aromatic nitrogens is 1. The first-order valence-electron chi connectivity index (χ1n) is 10.4. The first kappa shape index (κ1) is 20.4. The van der Waals surface area contributed by atoms with Crippen LogP contribution >= 0.6 is 0 Å². The fourth-order valence-corrected chi connectivity index (χ4v) is 4.10. The van der Waals surface area contributed by atoms with Crippen molar-refractivity contribution in [3.8, 4) is 17.1 Å². The average Bonchev–Trinajstić information content (AvgIpc) is 3.29. The topological polar surface area (TPSA) is 79.1 Å². The third-order valence-corrected chi connectivity index (χ3v) is 5.96. The molecule has 0 aliphatic carbocycles. The van der Waals surface area contributed by atoms with E-state index in [4.69, 9.17) is 9.26 Å². The van der Waals surface area contributed by atoms with Crippen LogP contribution in [0, 0.1) is 5.92 Å². The van der Waals surface area contributed by atoms with Crippen LogP contribution in [0.25, 0.3) is 11.3 Å². The van der Waals surface area contributed by atoms with E-state index in [1.165, 1.54) is 0 Å². The van der Waals surface area contributed by atoms with Crippen LogP contribution in [-0.2, 0) is 4.79 Å². The number of piperazine rings is 1. The summed E-state index contributed by atoms with van der Waals surface area (Å²) in [6, 6.07) is 9.07. The lowest BCUT2D eigenvalue weighted by Gasteiger charge is -2.37. The third kappa shape index (κ3) is 4.33. The number of nitrogens with zero attached hydrogens (tertiary/aromatic N) is 4. The lowest BCUT2D eigenvalue weighted by atomic mass is 9.96. The molecule has 8 heteroatoms. The maximum atomic E-state index is 13.0. The van der Waals surface area contributed by atoms with Crippen molar-refractivity contribution in [1.29, 1.82) is 0 Å². The van der Waals surface area contributed by atoms with E-state index in [2.05, 4.69) is 17.1 Å². The van der Waals surface area contributed by atoms with E-state index in [9.17, 15) is 9.59 Å². The zero-order valence-corrected chi connectivity index (χ0v) is 17.5.